The van der Waals surface area contributed by atoms with Gasteiger partial charge in [-0.05, 0) is 43.7 Å². The number of sulfonamides is 1. The van der Waals surface area contributed by atoms with E-state index in [0.29, 0.717) is 12.2 Å². The lowest BCUT2D eigenvalue weighted by molar-refractivity contribution is 0.0927. The third-order valence-electron chi connectivity index (χ3n) is 4.52. The number of nitrogens with one attached hydrogen (secondary N) is 2. The molecule has 0 radical (unpaired) electrons. The Morgan fingerprint density at radius 3 is 2.44 bits per heavy atom. The van der Waals surface area contributed by atoms with E-state index >= 15 is 0 Å². The van der Waals surface area contributed by atoms with Crippen molar-refractivity contribution in [3.63, 3.8) is 0 Å². The Bertz CT molecular complexity index is 869. The Labute approximate surface area is 166 Å². The van der Waals surface area contributed by atoms with E-state index < -0.39 is 10.0 Å². The number of rotatable bonds is 5. The van der Waals surface area contributed by atoms with Crippen molar-refractivity contribution in [3.8, 4) is 0 Å². The molecule has 1 fully saturated rings. The van der Waals surface area contributed by atoms with Crippen molar-refractivity contribution >= 4 is 34.0 Å². The standard InChI is InChI=1S/C19H23N3O3S.ClH/c1-22(16-9-3-2-4-10-16)26(24,25)18-12-6-5-11-17(18)19(23)21-15-8-7-13-20-14-15;/h2-6,9-12,15,20H,7-8,13-14H2,1H3,(H,21,23);1H. The molecule has 1 atom stereocenters. The van der Waals surface area contributed by atoms with E-state index in [9.17, 15) is 13.2 Å². The van der Waals surface area contributed by atoms with Gasteiger partial charge >= 0.3 is 0 Å². The number of hydrogen-bond acceptors (Lipinski definition) is 4. The fourth-order valence-corrected chi connectivity index (χ4v) is 4.43. The molecule has 1 unspecified atom stereocenters. The number of halogens is 1. The number of para-hydroxylation sites is 1. The maximum absolute atomic E-state index is 13.1. The quantitative estimate of drug-likeness (QED) is 0.794. The predicted octanol–water partition coefficient (Wildman–Crippen LogP) is 2.42. The van der Waals surface area contributed by atoms with Crippen LogP contribution >= 0.6 is 12.4 Å². The Hall–Kier alpha value is -2.09. The number of piperidine rings is 1. The van der Waals surface area contributed by atoms with Crippen LogP contribution in [0.15, 0.2) is 59.5 Å². The normalized spacial score (nSPS) is 16.9. The molecule has 0 saturated carbocycles. The molecule has 1 aliphatic heterocycles. The first-order chi connectivity index (χ1) is 12.5. The zero-order valence-corrected chi connectivity index (χ0v) is 16.7. The second-order valence-corrected chi connectivity index (χ2v) is 8.26. The van der Waals surface area contributed by atoms with E-state index in [1.165, 1.54) is 17.4 Å². The average molecular weight is 410 g/mol. The first-order valence-corrected chi connectivity index (χ1v) is 10.1. The lowest BCUT2D eigenvalue weighted by atomic mass is 10.1. The zero-order valence-electron chi connectivity index (χ0n) is 15.1. The summed E-state index contributed by atoms with van der Waals surface area (Å²) in [5, 5.41) is 6.18. The summed E-state index contributed by atoms with van der Waals surface area (Å²) >= 11 is 0. The summed E-state index contributed by atoms with van der Waals surface area (Å²) in [6.07, 6.45) is 1.87. The molecular weight excluding hydrogens is 386 g/mol. The van der Waals surface area contributed by atoms with Gasteiger partial charge in [0.15, 0.2) is 0 Å². The van der Waals surface area contributed by atoms with Crippen molar-refractivity contribution in [2.45, 2.75) is 23.8 Å². The predicted molar refractivity (Wildman–Crippen MR) is 109 cm³/mol. The summed E-state index contributed by atoms with van der Waals surface area (Å²) in [4.78, 5) is 12.7. The van der Waals surface area contributed by atoms with E-state index in [1.807, 2.05) is 6.07 Å². The second-order valence-electron chi connectivity index (χ2n) is 6.32. The van der Waals surface area contributed by atoms with Crippen LogP contribution in [-0.4, -0.2) is 40.5 Å². The van der Waals surface area contributed by atoms with Crippen molar-refractivity contribution < 1.29 is 13.2 Å². The molecule has 1 aliphatic rings. The molecule has 0 bridgehead atoms. The third-order valence-corrected chi connectivity index (χ3v) is 6.37. The highest BCUT2D eigenvalue weighted by Gasteiger charge is 2.27. The molecule has 0 aromatic heterocycles. The van der Waals surface area contributed by atoms with Crippen LogP contribution in [0.25, 0.3) is 0 Å². The lowest BCUT2D eigenvalue weighted by Gasteiger charge is -2.25. The second kappa shape index (κ2) is 9.21. The fraction of sp³-hybridized carbons (Fsp3) is 0.316. The van der Waals surface area contributed by atoms with Crippen molar-refractivity contribution in [2.75, 3.05) is 24.4 Å². The molecule has 0 spiro atoms. The van der Waals surface area contributed by atoms with Crippen molar-refractivity contribution in [3.05, 3.63) is 60.2 Å². The summed E-state index contributed by atoms with van der Waals surface area (Å²) in [5.74, 6) is -0.362. The SMILES string of the molecule is CN(c1ccccc1)S(=O)(=O)c1ccccc1C(=O)NC1CCCNC1.Cl. The Morgan fingerprint density at radius 2 is 1.78 bits per heavy atom. The Kier molecular flexibility index (Phi) is 7.24. The van der Waals surface area contributed by atoms with Gasteiger partial charge in [0, 0.05) is 19.6 Å². The fourth-order valence-electron chi connectivity index (χ4n) is 3.04. The van der Waals surface area contributed by atoms with Crippen LogP contribution in [0.4, 0.5) is 5.69 Å². The molecule has 6 nitrogen and oxygen atoms in total. The molecule has 2 N–H and O–H groups in total. The number of carbonyl (C=O) groups excluding carboxylic acids is 1. The first kappa shape index (κ1) is 21.2. The smallest absolute Gasteiger partial charge is 0.264 e. The average Bonchev–Trinajstić information content (AvgIpc) is 2.69. The number of anilines is 1. The Morgan fingerprint density at radius 1 is 1.11 bits per heavy atom. The van der Waals surface area contributed by atoms with Crippen molar-refractivity contribution in [2.24, 2.45) is 0 Å². The molecule has 27 heavy (non-hydrogen) atoms. The molecule has 146 valence electrons. The van der Waals surface area contributed by atoms with Gasteiger partial charge in [-0.2, -0.15) is 0 Å². The Balaban J connectivity index is 0.00000261. The van der Waals surface area contributed by atoms with Crippen LogP contribution in [0, 0.1) is 0 Å². The summed E-state index contributed by atoms with van der Waals surface area (Å²) in [6, 6.07) is 15.1. The van der Waals surface area contributed by atoms with Crippen LogP contribution in [0.2, 0.25) is 0 Å². The van der Waals surface area contributed by atoms with Gasteiger partial charge < -0.3 is 10.6 Å². The maximum atomic E-state index is 13.1. The molecule has 8 heteroatoms. The van der Waals surface area contributed by atoms with Crippen LogP contribution in [0.3, 0.4) is 0 Å². The number of benzene rings is 2. The van der Waals surface area contributed by atoms with Gasteiger partial charge in [0.2, 0.25) is 0 Å². The molecular formula is C19H24ClN3O3S. The molecule has 2 aromatic carbocycles. The van der Waals surface area contributed by atoms with E-state index in [-0.39, 0.29) is 34.8 Å². The molecule has 0 aliphatic carbocycles. The first-order valence-electron chi connectivity index (χ1n) is 8.65. The van der Waals surface area contributed by atoms with Gasteiger partial charge in [0.05, 0.1) is 11.3 Å². The largest absolute Gasteiger partial charge is 0.348 e. The number of carbonyl (C=O) groups is 1. The zero-order chi connectivity index (χ0) is 18.6. The summed E-state index contributed by atoms with van der Waals surface area (Å²) in [6.45, 7) is 1.64. The van der Waals surface area contributed by atoms with E-state index in [4.69, 9.17) is 0 Å². The summed E-state index contributed by atoms with van der Waals surface area (Å²) in [5.41, 5.74) is 0.708. The van der Waals surface area contributed by atoms with Crippen molar-refractivity contribution in [1.82, 2.24) is 10.6 Å². The highest BCUT2D eigenvalue weighted by Crippen LogP contribution is 2.24. The van der Waals surface area contributed by atoms with Crippen LogP contribution in [0.5, 0.6) is 0 Å². The van der Waals surface area contributed by atoms with Gasteiger partial charge in [0.1, 0.15) is 4.90 Å². The molecule has 1 heterocycles. The van der Waals surface area contributed by atoms with Gasteiger partial charge in [-0.1, -0.05) is 30.3 Å². The van der Waals surface area contributed by atoms with Crippen LogP contribution in [0.1, 0.15) is 23.2 Å². The molecule has 1 saturated heterocycles. The minimum Gasteiger partial charge on any atom is -0.348 e. The maximum Gasteiger partial charge on any atom is 0.264 e. The third kappa shape index (κ3) is 4.80. The number of nitrogens with zero attached hydrogens (tertiary/aromatic N) is 1. The molecule has 2 aromatic rings. The van der Waals surface area contributed by atoms with Gasteiger partial charge in [-0.3, -0.25) is 9.10 Å². The molecule has 1 amide bonds. The highest BCUT2D eigenvalue weighted by atomic mass is 35.5. The monoisotopic (exact) mass is 409 g/mol. The van der Waals surface area contributed by atoms with Gasteiger partial charge in [0.25, 0.3) is 15.9 Å². The van der Waals surface area contributed by atoms with Gasteiger partial charge in [-0.15, -0.1) is 12.4 Å². The summed E-state index contributed by atoms with van der Waals surface area (Å²) in [7, 11) is -2.36. The van der Waals surface area contributed by atoms with Crippen LogP contribution < -0.4 is 14.9 Å². The van der Waals surface area contributed by atoms with Gasteiger partial charge in [-0.25, -0.2) is 8.42 Å². The molecule has 3 rings (SSSR count). The lowest BCUT2D eigenvalue weighted by Crippen LogP contribution is -2.46. The van der Waals surface area contributed by atoms with E-state index in [2.05, 4.69) is 10.6 Å². The highest BCUT2D eigenvalue weighted by molar-refractivity contribution is 7.92. The van der Waals surface area contributed by atoms with Crippen molar-refractivity contribution in [1.29, 1.82) is 0 Å². The number of hydrogen-bond donors (Lipinski definition) is 2. The number of amides is 1. The minimum absolute atomic E-state index is 0. The summed E-state index contributed by atoms with van der Waals surface area (Å²) < 4.78 is 27.4. The van der Waals surface area contributed by atoms with E-state index in [1.54, 1.807) is 42.5 Å². The van der Waals surface area contributed by atoms with E-state index in [0.717, 1.165) is 19.4 Å². The topological polar surface area (TPSA) is 78.5 Å². The minimum atomic E-state index is -3.85. The van der Waals surface area contributed by atoms with Crippen LogP contribution in [-0.2, 0) is 10.0 Å².